The predicted molar refractivity (Wildman–Crippen MR) is 95.8 cm³/mol. The third kappa shape index (κ3) is 4.16. The van der Waals surface area contributed by atoms with Gasteiger partial charge in [0.1, 0.15) is 17.8 Å². The maximum atomic E-state index is 12.3. The summed E-state index contributed by atoms with van der Waals surface area (Å²) in [5, 5.41) is 4.48. The molecule has 1 N–H and O–H groups in total. The van der Waals surface area contributed by atoms with Gasteiger partial charge in [-0.3, -0.25) is 4.79 Å². The zero-order valence-electron chi connectivity index (χ0n) is 13.1. The van der Waals surface area contributed by atoms with Crippen molar-refractivity contribution in [1.82, 2.24) is 14.9 Å². The van der Waals surface area contributed by atoms with Crippen molar-refractivity contribution < 1.29 is 4.79 Å². The molecule has 0 unspecified atom stereocenters. The average Bonchev–Trinajstić information content (AvgIpc) is 3.11. The summed E-state index contributed by atoms with van der Waals surface area (Å²) in [4.78, 5) is 22.4. The number of aromatic nitrogens is 2. The van der Waals surface area contributed by atoms with Gasteiger partial charge < -0.3 is 10.2 Å². The van der Waals surface area contributed by atoms with E-state index in [9.17, 15) is 4.79 Å². The van der Waals surface area contributed by atoms with Crippen molar-refractivity contribution >= 4 is 34.9 Å². The molecule has 1 aromatic carbocycles. The van der Waals surface area contributed by atoms with E-state index in [1.54, 1.807) is 12.1 Å². The van der Waals surface area contributed by atoms with E-state index in [1.807, 2.05) is 17.0 Å². The van der Waals surface area contributed by atoms with Crippen LogP contribution in [0.2, 0.25) is 10.0 Å². The van der Waals surface area contributed by atoms with Crippen molar-refractivity contribution in [2.24, 2.45) is 0 Å². The van der Waals surface area contributed by atoms with Gasteiger partial charge in [0.25, 0.3) is 5.91 Å². The predicted octanol–water partition coefficient (Wildman–Crippen LogP) is 3.67. The standard InChI is InChI=1S/C17H18Cl2N4O/c18-13-4-3-12(14(19)9-13)5-6-20-16-10-15(21-11-22-16)17(24)23-7-1-2-8-23/h3-4,9-11H,1-2,5-8H2,(H,20,21,22). The molecule has 126 valence electrons. The maximum Gasteiger partial charge on any atom is 0.272 e. The second-order valence-corrected chi connectivity index (χ2v) is 6.54. The van der Waals surface area contributed by atoms with Crippen molar-refractivity contribution in [1.29, 1.82) is 0 Å². The first-order valence-corrected chi connectivity index (χ1v) is 8.68. The highest BCUT2D eigenvalue weighted by Crippen LogP contribution is 2.21. The van der Waals surface area contributed by atoms with Crippen molar-refractivity contribution in [2.45, 2.75) is 19.3 Å². The number of nitrogens with zero attached hydrogens (tertiary/aromatic N) is 3. The Hall–Kier alpha value is -1.85. The molecule has 1 saturated heterocycles. The van der Waals surface area contributed by atoms with Crippen LogP contribution in [0.1, 0.15) is 28.9 Å². The highest BCUT2D eigenvalue weighted by Gasteiger charge is 2.20. The molecule has 2 heterocycles. The van der Waals surface area contributed by atoms with E-state index in [0.29, 0.717) is 28.1 Å². The van der Waals surface area contributed by atoms with Gasteiger partial charge in [0.05, 0.1) is 0 Å². The summed E-state index contributed by atoms with van der Waals surface area (Å²) >= 11 is 12.1. The molecule has 1 aromatic heterocycles. The lowest BCUT2D eigenvalue weighted by atomic mass is 10.1. The Kier molecular flexibility index (Phi) is 5.53. The van der Waals surface area contributed by atoms with E-state index in [-0.39, 0.29) is 5.91 Å². The van der Waals surface area contributed by atoms with Gasteiger partial charge >= 0.3 is 0 Å². The maximum absolute atomic E-state index is 12.3. The summed E-state index contributed by atoms with van der Waals surface area (Å²) in [5.41, 5.74) is 1.44. The summed E-state index contributed by atoms with van der Waals surface area (Å²) in [5.74, 6) is 0.608. The van der Waals surface area contributed by atoms with Crippen molar-refractivity contribution in [3.63, 3.8) is 0 Å². The summed E-state index contributed by atoms with van der Waals surface area (Å²) in [6.07, 6.45) is 4.27. The molecule has 1 fully saturated rings. The van der Waals surface area contributed by atoms with E-state index < -0.39 is 0 Å². The van der Waals surface area contributed by atoms with Crippen LogP contribution in [0, 0.1) is 0 Å². The van der Waals surface area contributed by atoms with Crippen LogP contribution < -0.4 is 5.32 Å². The van der Waals surface area contributed by atoms with Crippen LogP contribution in [0.5, 0.6) is 0 Å². The molecule has 0 aliphatic carbocycles. The number of halogens is 2. The number of benzene rings is 1. The fourth-order valence-electron chi connectivity index (χ4n) is 2.70. The molecule has 0 spiro atoms. The first kappa shape index (κ1) is 17.0. The van der Waals surface area contributed by atoms with Gasteiger partial charge in [-0.15, -0.1) is 0 Å². The molecule has 1 aliphatic heterocycles. The molecule has 5 nitrogen and oxygen atoms in total. The van der Waals surface area contributed by atoms with E-state index in [4.69, 9.17) is 23.2 Å². The van der Waals surface area contributed by atoms with Gasteiger partial charge in [-0.05, 0) is 37.0 Å². The molecule has 0 atom stereocenters. The van der Waals surface area contributed by atoms with Crippen molar-refractivity contribution in [3.05, 3.63) is 51.9 Å². The number of carbonyl (C=O) groups excluding carboxylic acids is 1. The number of likely N-dealkylation sites (tertiary alicyclic amines) is 1. The Morgan fingerprint density at radius 3 is 2.71 bits per heavy atom. The third-order valence-corrected chi connectivity index (χ3v) is 4.58. The Labute approximate surface area is 151 Å². The van der Waals surface area contributed by atoms with Crippen LogP contribution in [0.4, 0.5) is 5.82 Å². The Bertz CT molecular complexity index is 732. The lowest BCUT2D eigenvalue weighted by molar-refractivity contribution is 0.0787. The van der Waals surface area contributed by atoms with Crippen molar-refractivity contribution in [2.75, 3.05) is 25.0 Å². The van der Waals surface area contributed by atoms with E-state index in [2.05, 4.69) is 15.3 Å². The summed E-state index contributed by atoms with van der Waals surface area (Å²) in [6, 6.07) is 7.16. The summed E-state index contributed by atoms with van der Waals surface area (Å²) in [6.45, 7) is 2.26. The molecule has 0 radical (unpaired) electrons. The minimum absolute atomic E-state index is 0.0290. The lowest BCUT2D eigenvalue weighted by Gasteiger charge is -2.14. The zero-order chi connectivity index (χ0) is 16.9. The SMILES string of the molecule is O=C(c1cc(NCCc2ccc(Cl)cc2Cl)ncn1)N1CCCC1. The van der Waals surface area contributed by atoms with Crippen LogP contribution in [-0.2, 0) is 6.42 Å². The van der Waals surface area contributed by atoms with Crippen molar-refractivity contribution in [3.8, 4) is 0 Å². The number of amides is 1. The largest absolute Gasteiger partial charge is 0.370 e. The molecule has 1 amide bonds. The first-order chi connectivity index (χ1) is 11.6. The molecule has 3 rings (SSSR count). The Morgan fingerprint density at radius 1 is 1.17 bits per heavy atom. The number of hydrogen-bond donors (Lipinski definition) is 1. The van der Waals surface area contributed by atoms with Gasteiger partial charge in [-0.2, -0.15) is 0 Å². The van der Waals surface area contributed by atoms with Gasteiger partial charge in [-0.25, -0.2) is 9.97 Å². The number of carbonyl (C=O) groups is 1. The minimum atomic E-state index is -0.0290. The molecule has 0 bridgehead atoms. The number of rotatable bonds is 5. The number of nitrogens with one attached hydrogen (secondary N) is 1. The Morgan fingerprint density at radius 2 is 1.96 bits per heavy atom. The zero-order valence-corrected chi connectivity index (χ0v) is 14.6. The van der Waals surface area contributed by atoms with Crippen LogP contribution in [0.15, 0.2) is 30.6 Å². The smallest absolute Gasteiger partial charge is 0.272 e. The molecular weight excluding hydrogens is 347 g/mol. The molecule has 7 heteroatoms. The number of hydrogen-bond acceptors (Lipinski definition) is 4. The van der Waals surface area contributed by atoms with Gasteiger partial charge in [-0.1, -0.05) is 29.3 Å². The number of anilines is 1. The Balaban J connectivity index is 1.59. The highest BCUT2D eigenvalue weighted by atomic mass is 35.5. The van der Waals surface area contributed by atoms with Gasteiger partial charge in [0.15, 0.2) is 0 Å². The normalized spacial score (nSPS) is 14.0. The van der Waals surface area contributed by atoms with E-state index in [0.717, 1.165) is 37.9 Å². The first-order valence-electron chi connectivity index (χ1n) is 7.92. The second-order valence-electron chi connectivity index (χ2n) is 5.70. The van der Waals surface area contributed by atoms with Gasteiger partial charge in [0, 0.05) is 35.7 Å². The van der Waals surface area contributed by atoms with E-state index >= 15 is 0 Å². The van der Waals surface area contributed by atoms with Crippen LogP contribution in [0.3, 0.4) is 0 Å². The second kappa shape index (κ2) is 7.81. The summed E-state index contributed by atoms with van der Waals surface area (Å²) in [7, 11) is 0. The van der Waals surface area contributed by atoms with Crippen LogP contribution in [0.25, 0.3) is 0 Å². The summed E-state index contributed by atoms with van der Waals surface area (Å²) < 4.78 is 0. The highest BCUT2D eigenvalue weighted by molar-refractivity contribution is 6.35. The molecule has 24 heavy (non-hydrogen) atoms. The van der Waals surface area contributed by atoms with E-state index in [1.165, 1.54) is 6.33 Å². The molecule has 2 aromatic rings. The molecule has 0 saturated carbocycles. The third-order valence-electron chi connectivity index (χ3n) is 4.00. The fraction of sp³-hybridized carbons (Fsp3) is 0.353. The quantitative estimate of drug-likeness (QED) is 0.878. The van der Waals surface area contributed by atoms with Crippen LogP contribution in [-0.4, -0.2) is 40.4 Å². The molecule has 1 aliphatic rings. The lowest BCUT2D eigenvalue weighted by Crippen LogP contribution is -2.28. The molecular formula is C17H18Cl2N4O. The topological polar surface area (TPSA) is 58.1 Å². The van der Waals surface area contributed by atoms with Gasteiger partial charge in [0.2, 0.25) is 0 Å². The average molecular weight is 365 g/mol. The fourth-order valence-corrected chi connectivity index (χ4v) is 3.21. The minimum Gasteiger partial charge on any atom is -0.370 e. The van der Waals surface area contributed by atoms with Crippen LogP contribution >= 0.6 is 23.2 Å². The monoisotopic (exact) mass is 364 g/mol.